The summed E-state index contributed by atoms with van der Waals surface area (Å²) >= 11 is 1.17. The molecule has 0 radical (unpaired) electrons. The minimum atomic E-state index is -3.60. The summed E-state index contributed by atoms with van der Waals surface area (Å²) in [4.78, 5) is 4.28. The number of aryl methyl sites for hydroxylation is 1. The molecule has 0 saturated heterocycles. The molecule has 0 aliphatic carbocycles. The Morgan fingerprint density at radius 2 is 2.06 bits per heavy atom. The highest BCUT2D eigenvalue weighted by Gasteiger charge is 2.16. The zero-order valence-corrected chi connectivity index (χ0v) is 10.5. The standard InChI is InChI=1S/C10H9FN2O2S2/c1-7-2-5-10(16-7)17(14,15)13-8-3-4-9(11)12-6-8/h2-6,13H,1H3. The minimum absolute atomic E-state index is 0.222. The first-order valence-electron chi connectivity index (χ1n) is 4.68. The fraction of sp³-hybridized carbons (Fsp3) is 0.100. The Bertz CT molecular complexity index is 620. The maximum absolute atomic E-state index is 12.6. The molecule has 0 spiro atoms. The first-order valence-corrected chi connectivity index (χ1v) is 6.98. The van der Waals surface area contributed by atoms with Crippen LogP contribution in [-0.2, 0) is 10.0 Å². The number of nitrogens with zero attached hydrogens (tertiary/aromatic N) is 1. The molecule has 2 aromatic heterocycles. The number of halogens is 1. The van der Waals surface area contributed by atoms with Gasteiger partial charge >= 0.3 is 0 Å². The zero-order valence-electron chi connectivity index (χ0n) is 8.84. The molecule has 1 N–H and O–H groups in total. The van der Waals surface area contributed by atoms with Crippen LogP contribution in [0, 0.1) is 12.9 Å². The molecule has 17 heavy (non-hydrogen) atoms. The largest absolute Gasteiger partial charge is 0.277 e. The summed E-state index contributed by atoms with van der Waals surface area (Å²) in [7, 11) is -3.60. The number of aromatic nitrogens is 1. The topological polar surface area (TPSA) is 59.1 Å². The Hall–Kier alpha value is -1.47. The van der Waals surface area contributed by atoms with Crippen LogP contribution in [0.25, 0.3) is 0 Å². The highest BCUT2D eigenvalue weighted by molar-refractivity contribution is 7.94. The lowest BCUT2D eigenvalue weighted by molar-refractivity contribution is 0.583. The van der Waals surface area contributed by atoms with Crippen molar-refractivity contribution in [1.82, 2.24) is 4.98 Å². The molecule has 0 unspecified atom stereocenters. The molecule has 0 aliphatic heterocycles. The third kappa shape index (κ3) is 2.80. The van der Waals surface area contributed by atoms with Crippen LogP contribution in [0.5, 0.6) is 0 Å². The van der Waals surface area contributed by atoms with Gasteiger partial charge in [0.25, 0.3) is 10.0 Å². The third-order valence-electron chi connectivity index (χ3n) is 1.96. The summed E-state index contributed by atoms with van der Waals surface area (Å²) in [5.74, 6) is -0.653. The number of pyridine rings is 1. The molecule has 0 fully saturated rings. The number of sulfonamides is 1. The van der Waals surface area contributed by atoms with E-state index in [4.69, 9.17) is 0 Å². The maximum atomic E-state index is 12.6. The van der Waals surface area contributed by atoms with Gasteiger partial charge in [-0.25, -0.2) is 13.4 Å². The molecular formula is C10H9FN2O2S2. The van der Waals surface area contributed by atoms with Crippen LogP contribution in [-0.4, -0.2) is 13.4 Å². The SMILES string of the molecule is Cc1ccc(S(=O)(=O)Nc2ccc(F)nc2)s1. The van der Waals surface area contributed by atoms with Crippen LogP contribution in [0.15, 0.2) is 34.7 Å². The number of nitrogens with one attached hydrogen (secondary N) is 1. The molecule has 4 nitrogen and oxygen atoms in total. The Morgan fingerprint density at radius 3 is 2.59 bits per heavy atom. The summed E-state index contributed by atoms with van der Waals surface area (Å²) in [5, 5.41) is 0. The molecular weight excluding hydrogens is 263 g/mol. The second-order valence-corrected chi connectivity index (χ2v) is 6.54. The lowest BCUT2D eigenvalue weighted by Crippen LogP contribution is -2.11. The van der Waals surface area contributed by atoms with Crippen LogP contribution in [0.1, 0.15) is 4.88 Å². The predicted octanol–water partition coefficient (Wildman–Crippen LogP) is 2.39. The monoisotopic (exact) mass is 272 g/mol. The highest BCUT2D eigenvalue weighted by Crippen LogP contribution is 2.22. The van der Waals surface area contributed by atoms with E-state index in [2.05, 4.69) is 9.71 Å². The Morgan fingerprint density at radius 1 is 1.29 bits per heavy atom. The third-order valence-corrected chi connectivity index (χ3v) is 4.83. The van der Waals surface area contributed by atoms with E-state index in [0.29, 0.717) is 0 Å². The van der Waals surface area contributed by atoms with Gasteiger partial charge in [-0.1, -0.05) is 0 Å². The molecule has 0 atom stereocenters. The fourth-order valence-corrected chi connectivity index (χ4v) is 3.52. The summed E-state index contributed by atoms with van der Waals surface area (Å²) < 4.78 is 38.9. The van der Waals surface area contributed by atoms with E-state index in [-0.39, 0.29) is 9.90 Å². The van der Waals surface area contributed by atoms with Gasteiger partial charge in [0.2, 0.25) is 5.95 Å². The molecule has 2 heterocycles. The van der Waals surface area contributed by atoms with Crippen LogP contribution in [0.3, 0.4) is 0 Å². The second-order valence-electron chi connectivity index (χ2n) is 3.34. The van der Waals surface area contributed by atoms with E-state index in [1.54, 1.807) is 6.07 Å². The molecule has 7 heteroatoms. The van der Waals surface area contributed by atoms with E-state index in [9.17, 15) is 12.8 Å². The van der Waals surface area contributed by atoms with Crippen molar-refractivity contribution in [3.63, 3.8) is 0 Å². The van der Waals surface area contributed by atoms with Gasteiger partial charge in [0, 0.05) is 4.88 Å². The van der Waals surface area contributed by atoms with Crippen molar-refractivity contribution in [2.45, 2.75) is 11.1 Å². The number of thiophene rings is 1. The Kier molecular flexibility index (Phi) is 3.12. The van der Waals surface area contributed by atoms with Crippen LogP contribution < -0.4 is 4.72 Å². The second kappa shape index (κ2) is 4.42. The summed E-state index contributed by atoms with van der Waals surface area (Å²) in [6, 6.07) is 5.67. The highest BCUT2D eigenvalue weighted by atomic mass is 32.2. The molecule has 0 amide bonds. The van der Waals surface area contributed by atoms with E-state index < -0.39 is 16.0 Å². The van der Waals surface area contributed by atoms with Gasteiger partial charge in [0.05, 0.1) is 11.9 Å². The van der Waals surface area contributed by atoms with Crippen molar-refractivity contribution >= 4 is 27.0 Å². The van der Waals surface area contributed by atoms with Crippen molar-refractivity contribution in [1.29, 1.82) is 0 Å². The zero-order chi connectivity index (χ0) is 12.5. The van der Waals surface area contributed by atoms with Crippen LogP contribution >= 0.6 is 11.3 Å². The quantitative estimate of drug-likeness (QED) is 0.873. The molecule has 90 valence electrons. The Balaban J connectivity index is 2.26. The summed E-state index contributed by atoms with van der Waals surface area (Å²) in [6.45, 7) is 1.82. The number of anilines is 1. The van der Waals surface area contributed by atoms with Gasteiger partial charge in [0.15, 0.2) is 0 Å². The molecule has 0 bridgehead atoms. The van der Waals surface area contributed by atoms with Gasteiger partial charge in [-0.3, -0.25) is 4.72 Å². The first-order chi connectivity index (χ1) is 7.97. The van der Waals surface area contributed by atoms with Crippen molar-refractivity contribution in [3.05, 3.63) is 41.3 Å². The first kappa shape index (κ1) is 12.0. The number of rotatable bonds is 3. The smallest absolute Gasteiger partial charge is 0.271 e. The van der Waals surface area contributed by atoms with Crippen LogP contribution in [0.2, 0.25) is 0 Å². The Labute approximate surface area is 102 Å². The molecule has 0 saturated carbocycles. The normalized spacial score (nSPS) is 11.4. The fourth-order valence-electron chi connectivity index (χ4n) is 1.20. The van der Waals surface area contributed by atoms with Crippen molar-refractivity contribution < 1.29 is 12.8 Å². The molecule has 0 aliphatic rings. The van der Waals surface area contributed by atoms with E-state index in [0.717, 1.165) is 17.1 Å². The summed E-state index contributed by atoms with van der Waals surface area (Å²) in [5.41, 5.74) is 0.234. The van der Waals surface area contributed by atoms with Crippen molar-refractivity contribution in [3.8, 4) is 0 Å². The predicted molar refractivity (Wildman–Crippen MR) is 64.1 cm³/mol. The van der Waals surface area contributed by atoms with Crippen molar-refractivity contribution in [2.24, 2.45) is 0 Å². The lowest BCUT2D eigenvalue weighted by Gasteiger charge is -2.04. The average Bonchev–Trinajstić information content (AvgIpc) is 2.69. The van der Waals surface area contributed by atoms with E-state index in [1.807, 2.05) is 6.92 Å². The van der Waals surface area contributed by atoms with Gasteiger partial charge in [-0.05, 0) is 31.2 Å². The van der Waals surface area contributed by atoms with Gasteiger partial charge in [-0.2, -0.15) is 4.39 Å². The maximum Gasteiger partial charge on any atom is 0.271 e. The van der Waals surface area contributed by atoms with E-state index in [1.165, 1.54) is 23.5 Å². The van der Waals surface area contributed by atoms with Gasteiger partial charge in [0.1, 0.15) is 4.21 Å². The van der Waals surface area contributed by atoms with Gasteiger partial charge in [-0.15, -0.1) is 11.3 Å². The van der Waals surface area contributed by atoms with Crippen molar-refractivity contribution in [2.75, 3.05) is 4.72 Å². The van der Waals surface area contributed by atoms with E-state index >= 15 is 0 Å². The molecule has 0 aromatic carbocycles. The minimum Gasteiger partial charge on any atom is -0.277 e. The number of hydrogen-bond donors (Lipinski definition) is 1. The lowest BCUT2D eigenvalue weighted by atomic mass is 10.4. The number of hydrogen-bond acceptors (Lipinski definition) is 4. The van der Waals surface area contributed by atoms with Crippen LogP contribution in [0.4, 0.5) is 10.1 Å². The average molecular weight is 272 g/mol. The van der Waals surface area contributed by atoms with Gasteiger partial charge < -0.3 is 0 Å². The summed E-state index contributed by atoms with van der Waals surface area (Å²) in [6.07, 6.45) is 1.13. The molecule has 2 rings (SSSR count). The molecule has 2 aromatic rings.